The van der Waals surface area contributed by atoms with E-state index in [0.29, 0.717) is 12.2 Å². The molecule has 7 heteroatoms. The molecule has 3 atom stereocenters. The molecule has 1 fully saturated rings. The van der Waals surface area contributed by atoms with Gasteiger partial charge in [-0.1, -0.05) is 36.3 Å². The quantitative estimate of drug-likeness (QED) is 0.289. The van der Waals surface area contributed by atoms with Crippen LogP contribution in [0.1, 0.15) is 32.3 Å². The summed E-state index contributed by atoms with van der Waals surface area (Å²) in [5, 5.41) is 0. The molecule has 0 radical (unpaired) electrons. The lowest BCUT2D eigenvalue weighted by Gasteiger charge is -2.44. The van der Waals surface area contributed by atoms with Crippen LogP contribution in [0.5, 0.6) is 0 Å². The number of hydrogen-bond acceptors (Lipinski definition) is 6. The largest absolute Gasteiger partial charge is 0.383 e. The van der Waals surface area contributed by atoms with E-state index >= 15 is 0 Å². The van der Waals surface area contributed by atoms with Crippen LogP contribution in [0, 0.1) is 24.2 Å². The predicted octanol–water partition coefficient (Wildman–Crippen LogP) is 3.76. The van der Waals surface area contributed by atoms with Crippen molar-refractivity contribution in [3.8, 4) is 0 Å². The molecule has 1 saturated carbocycles. The molecule has 0 bridgehead atoms. The van der Waals surface area contributed by atoms with Gasteiger partial charge in [-0.05, 0) is 50.8 Å². The molecule has 0 spiro atoms. The average molecular weight is 421 g/mol. The molecule has 0 aromatic heterocycles. The lowest BCUT2D eigenvalue weighted by molar-refractivity contribution is -0.232. The number of aryl methyl sites for hydroxylation is 1. The summed E-state index contributed by atoms with van der Waals surface area (Å²) < 4.78 is 42.6. The molecule has 158 valence electrons. The zero-order valence-corrected chi connectivity index (χ0v) is 18.3. The maximum absolute atomic E-state index is 13.0. The van der Waals surface area contributed by atoms with Gasteiger partial charge in [0.2, 0.25) is 5.79 Å². The molecule has 6 nitrogen and oxygen atoms in total. The van der Waals surface area contributed by atoms with Gasteiger partial charge in [-0.2, -0.15) is 8.42 Å². The Morgan fingerprint density at radius 1 is 1.17 bits per heavy atom. The lowest BCUT2D eigenvalue weighted by Crippen LogP contribution is -2.53. The van der Waals surface area contributed by atoms with E-state index in [0.717, 1.165) is 24.0 Å². The first-order chi connectivity index (χ1) is 13.6. The van der Waals surface area contributed by atoms with Gasteiger partial charge in [0.1, 0.15) is 16.1 Å². The third kappa shape index (κ3) is 3.56. The number of methoxy groups -OCH3 is 2. The molecule has 1 aromatic rings. The second-order valence-electron chi connectivity index (χ2n) is 8.04. The highest BCUT2D eigenvalue weighted by atomic mass is 32.2. The first-order valence-electron chi connectivity index (χ1n) is 9.64. The van der Waals surface area contributed by atoms with Gasteiger partial charge in [-0.3, -0.25) is 4.79 Å². The van der Waals surface area contributed by atoms with Crippen molar-refractivity contribution < 1.29 is 26.9 Å². The predicted molar refractivity (Wildman–Crippen MR) is 108 cm³/mol. The number of benzene rings is 1. The topological polar surface area (TPSA) is 78.9 Å². The van der Waals surface area contributed by atoms with E-state index < -0.39 is 21.3 Å². The molecule has 2 aliphatic rings. The molecular weight excluding hydrogens is 392 g/mol. The van der Waals surface area contributed by atoms with Crippen molar-refractivity contribution in [2.45, 2.75) is 44.3 Å². The molecule has 2 unspecified atom stereocenters. The van der Waals surface area contributed by atoms with Crippen LogP contribution in [0.3, 0.4) is 0 Å². The van der Waals surface area contributed by atoms with Crippen LogP contribution in [0.25, 0.3) is 0 Å². The summed E-state index contributed by atoms with van der Waals surface area (Å²) in [4.78, 5) is 12.1. The Kier molecular flexibility index (Phi) is 5.77. The summed E-state index contributed by atoms with van der Waals surface area (Å²) in [5.74, 6) is -1.17. The summed E-state index contributed by atoms with van der Waals surface area (Å²) in [6.07, 6.45) is 6.11. The second kappa shape index (κ2) is 7.70. The van der Waals surface area contributed by atoms with Gasteiger partial charge >= 0.3 is 10.1 Å². The maximum atomic E-state index is 13.0. The van der Waals surface area contributed by atoms with Gasteiger partial charge in [0, 0.05) is 20.1 Å². The van der Waals surface area contributed by atoms with Gasteiger partial charge in [-0.25, -0.2) is 0 Å². The number of hydrogen-bond donors (Lipinski definition) is 0. The Labute approximate surface area is 172 Å². The standard InChI is InChI=1S/C22H28O6S/c1-15-6-10-18(11-7-15)29(24,25)28-20-12-19-16(2)8-9-17(19)13-21(20,3)22(14-23,26-4)27-5/h6-7,10-14,16,19H,8-9H2,1-5H3/t16-,19?,21?/m1/s1. The molecule has 1 aromatic carbocycles. The molecule has 0 heterocycles. The molecule has 3 rings (SSSR count). The Balaban J connectivity index is 2.11. The van der Waals surface area contributed by atoms with E-state index in [1.807, 2.05) is 19.1 Å². The molecule has 0 aliphatic heterocycles. The Hall–Kier alpha value is -1.96. The Morgan fingerprint density at radius 3 is 2.34 bits per heavy atom. The summed E-state index contributed by atoms with van der Waals surface area (Å²) in [7, 11) is -1.39. The third-order valence-electron chi connectivity index (χ3n) is 6.24. The number of carbonyl (C=O) groups is 1. The number of rotatable bonds is 7. The Bertz CT molecular complexity index is 940. The molecular formula is C22H28O6S. The van der Waals surface area contributed by atoms with E-state index in [1.165, 1.54) is 26.4 Å². The van der Waals surface area contributed by atoms with Crippen molar-refractivity contribution in [1.29, 1.82) is 0 Å². The van der Waals surface area contributed by atoms with E-state index in [4.69, 9.17) is 13.7 Å². The highest BCUT2D eigenvalue weighted by Crippen LogP contribution is 2.52. The second-order valence-corrected chi connectivity index (χ2v) is 9.58. The van der Waals surface area contributed by atoms with E-state index in [1.54, 1.807) is 19.1 Å². The minimum Gasteiger partial charge on any atom is -0.383 e. The highest BCUT2D eigenvalue weighted by Gasteiger charge is 2.56. The fourth-order valence-corrected chi connectivity index (χ4v) is 5.34. The van der Waals surface area contributed by atoms with E-state index in [9.17, 15) is 13.2 Å². The smallest absolute Gasteiger partial charge is 0.338 e. The average Bonchev–Trinajstić information content (AvgIpc) is 3.03. The normalized spacial score (nSPS) is 27.1. The number of carbonyl (C=O) groups excluding carboxylic acids is 1. The van der Waals surface area contributed by atoms with Crippen LogP contribution in [0.4, 0.5) is 0 Å². The summed E-state index contributed by atoms with van der Waals surface area (Å²) >= 11 is 0. The van der Waals surface area contributed by atoms with Gasteiger partial charge in [0.05, 0.1) is 0 Å². The van der Waals surface area contributed by atoms with Crippen LogP contribution in [0.15, 0.2) is 52.6 Å². The molecule has 29 heavy (non-hydrogen) atoms. The van der Waals surface area contributed by atoms with Gasteiger partial charge < -0.3 is 13.7 Å². The van der Waals surface area contributed by atoms with Crippen molar-refractivity contribution >= 4 is 16.4 Å². The van der Waals surface area contributed by atoms with Crippen molar-refractivity contribution in [2.75, 3.05) is 14.2 Å². The van der Waals surface area contributed by atoms with Crippen molar-refractivity contribution in [2.24, 2.45) is 17.3 Å². The maximum Gasteiger partial charge on any atom is 0.338 e. The minimum atomic E-state index is -4.10. The molecule has 0 N–H and O–H groups in total. The number of ether oxygens (including phenoxy) is 2. The van der Waals surface area contributed by atoms with Crippen LogP contribution < -0.4 is 0 Å². The van der Waals surface area contributed by atoms with Gasteiger partial charge in [-0.15, -0.1) is 0 Å². The number of allylic oxidation sites excluding steroid dienone is 2. The fraction of sp³-hybridized carbons (Fsp3) is 0.500. The summed E-state index contributed by atoms with van der Waals surface area (Å²) in [6.45, 7) is 5.70. The fourth-order valence-electron chi connectivity index (χ4n) is 4.31. The first-order valence-corrected chi connectivity index (χ1v) is 11.0. The third-order valence-corrected chi connectivity index (χ3v) is 7.49. The van der Waals surface area contributed by atoms with Gasteiger partial charge in [0.25, 0.3) is 0 Å². The Morgan fingerprint density at radius 2 is 1.79 bits per heavy atom. The van der Waals surface area contributed by atoms with Crippen molar-refractivity contribution in [3.05, 3.63) is 53.3 Å². The lowest BCUT2D eigenvalue weighted by atomic mass is 9.71. The van der Waals surface area contributed by atoms with E-state index in [-0.39, 0.29) is 16.6 Å². The highest BCUT2D eigenvalue weighted by molar-refractivity contribution is 7.86. The molecule has 0 saturated heterocycles. The van der Waals surface area contributed by atoms with Crippen molar-refractivity contribution in [1.82, 2.24) is 0 Å². The summed E-state index contributed by atoms with van der Waals surface area (Å²) in [6, 6.07) is 6.43. The molecule has 0 amide bonds. The van der Waals surface area contributed by atoms with Gasteiger partial charge in [0.15, 0.2) is 6.29 Å². The zero-order valence-electron chi connectivity index (χ0n) is 17.5. The summed E-state index contributed by atoms with van der Waals surface area (Å²) in [5.41, 5.74) is 0.837. The zero-order chi connectivity index (χ0) is 21.4. The molecule has 2 aliphatic carbocycles. The monoisotopic (exact) mass is 420 g/mol. The van der Waals surface area contributed by atoms with Crippen LogP contribution in [-0.4, -0.2) is 34.7 Å². The number of aldehydes is 1. The van der Waals surface area contributed by atoms with Crippen LogP contribution in [-0.2, 0) is 28.6 Å². The van der Waals surface area contributed by atoms with Crippen molar-refractivity contribution in [3.63, 3.8) is 0 Å². The minimum absolute atomic E-state index is 0.0483. The first kappa shape index (κ1) is 21.7. The van der Waals surface area contributed by atoms with Crippen LogP contribution >= 0.6 is 0 Å². The van der Waals surface area contributed by atoms with Crippen LogP contribution in [0.2, 0.25) is 0 Å². The van der Waals surface area contributed by atoms with E-state index in [2.05, 4.69) is 6.92 Å². The number of fused-ring (bicyclic) bond motifs is 1. The SMILES string of the molecule is COC(C=O)(OC)C1(C)C=C2CC[C@@H](C)C2C=C1OS(=O)(=O)c1ccc(C)cc1.